The van der Waals surface area contributed by atoms with E-state index in [0.29, 0.717) is 28.0 Å². The average molecular weight is 342 g/mol. The highest BCUT2D eigenvalue weighted by molar-refractivity contribution is 7.80. The molecule has 2 N–H and O–H groups in total. The van der Waals surface area contributed by atoms with Gasteiger partial charge < -0.3 is 10.6 Å². The third kappa shape index (κ3) is 2.33. The molecule has 4 fully saturated rings. The summed E-state index contributed by atoms with van der Waals surface area (Å²) in [6.07, 6.45) is 2.52. The zero-order chi connectivity index (χ0) is 14.6. The van der Waals surface area contributed by atoms with E-state index in [1.54, 1.807) is 0 Å². The molecule has 4 aliphatic rings. The molecule has 112 valence electrons. The van der Waals surface area contributed by atoms with Crippen LogP contribution in [0.3, 0.4) is 0 Å². The third-order valence-corrected chi connectivity index (χ3v) is 5.89. The van der Waals surface area contributed by atoms with Gasteiger partial charge in [0, 0.05) is 16.1 Å². The fraction of sp³-hybridized carbons (Fsp3) is 0.533. The van der Waals surface area contributed by atoms with E-state index in [1.807, 2.05) is 18.2 Å². The second-order valence-corrected chi connectivity index (χ2v) is 7.40. The Bertz CT molecular complexity index is 586. The first-order valence-electron chi connectivity index (χ1n) is 7.39. The molecule has 4 saturated heterocycles. The molecule has 3 unspecified atom stereocenters. The predicted octanol–water partition coefficient (Wildman–Crippen LogP) is 2.98. The molecule has 4 aliphatic heterocycles. The Morgan fingerprint density at radius 2 is 1.90 bits per heavy atom. The van der Waals surface area contributed by atoms with Crippen LogP contribution in [0.2, 0.25) is 10.0 Å². The Hall–Kier alpha value is -0.550. The first-order valence-corrected chi connectivity index (χ1v) is 8.56. The molecule has 5 rings (SSSR count). The first-order chi connectivity index (χ1) is 10.1. The smallest absolute Gasteiger partial charge is 0.167 e. The van der Waals surface area contributed by atoms with Crippen LogP contribution in [0.5, 0.6) is 0 Å². The average Bonchev–Trinajstić information content (AvgIpc) is 2.47. The van der Waals surface area contributed by atoms with Crippen molar-refractivity contribution in [3.05, 3.63) is 33.8 Å². The van der Waals surface area contributed by atoms with Crippen LogP contribution in [0.4, 0.5) is 0 Å². The first kappa shape index (κ1) is 14.1. The van der Waals surface area contributed by atoms with Crippen LogP contribution in [-0.4, -0.2) is 35.2 Å². The Balaban J connectivity index is 1.74. The van der Waals surface area contributed by atoms with E-state index in [4.69, 9.17) is 35.4 Å². The lowest BCUT2D eigenvalue weighted by Crippen LogP contribution is -2.71. The normalized spacial score (nSPS) is 37.6. The number of piperidine rings is 3. The molecule has 21 heavy (non-hydrogen) atoms. The van der Waals surface area contributed by atoms with Gasteiger partial charge in [0.1, 0.15) is 0 Å². The SMILES string of the molecule is S=C1NC(c2ccc(Cl)cc2Cl)C2C(N1)C1CCN2CC1. The fourth-order valence-electron chi connectivity index (χ4n) is 4.14. The molecule has 1 aromatic rings. The molecule has 1 aromatic carbocycles. The Morgan fingerprint density at radius 1 is 1.14 bits per heavy atom. The second-order valence-electron chi connectivity index (χ2n) is 6.15. The third-order valence-electron chi connectivity index (χ3n) is 5.10. The molecule has 4 heterocycles. The van der Waals surface area contributed by atoms with Crippen molar-refractivity contribution in [3.63, 3.8) is 0 Å². The zero-order valence-electron chi connectivity index (χ0n) is 11.5. The van der Waals surface area contributed by atoms with Crippen molar-refractivity contribution < 1.29 is 0 Å². The van der Waals surface area contributed by atoms with Crippen molar-refractivity contribution in [2.75, 3.05) is 13.1 Å². The minimum Gasteiger partial charge on any atom is -0.358 e. The maximum atomic E-state index is 6.44. The lowest BCUT2D eigenvalue weighted by atomic mass is 9.74. The summed E-state index contributed by atoms with van der Waals surface area (Å²) in [6, 6.07) is 6.71. The molecule has 3 nitrogen and oxygen atoms in total. The van der Waals surface area contributed by atoms with Gasteiger partial charge in [-0.15, -0.1) is 0 Å². The van der Waals surface area contributed by atoms with Crippen molar-refractivity contribution in [3.8, 4) is 0 Å². The number of thiocarbonyl (C=S) groups is 1. The summed E-state index contributed by atoms with van der Waals surface area (Å²) < 4.78 is 0. The summed E-state index contributed by atoms with van der Waals surface area (Å²) >= 11 is 17.9. The van der Waals surface area contributed by atoms with Crippen LogP contribution in [0, 0.1) is 5.92 Å². The Labute approximate surface area is 140 Å². The van der Waals surface area contributed by atoms with E-state index in [1.165, 1.54) is 25.9 Å². The number of hydrogen-bond acceptors (Lipinski definition) is 2. The van der Waals surface area contributed by atoms with Gasteiger partial charge >= 0.3 is 0 Å². The highest BCUT2D eigenvalue weighted by atomic mass is 35.5. The number of benzene rings is 1. The molecule has 0 radical (unpaired) electrons. The molecule has 0 aromatic heterocycles. The van der Waals surface area contributed by atoms with Crippen LogP contribution >= 0.6 is 35.4 Å². The molecule has 3 atom stereocenters. The van der Waals surface area contributed by atoms with Gasteiger partial charge in [-0.2, -0.15) is 0 Å². The highest BCUT2D eigenvalue weighted by Crippen LogP contribution is 2.41. The van der Waals surface area contributed by atoms with Gasteiger partial charge in [0.2, 0.25) is 0 Å². The van der Waals surface area contributed by atoms with E-state index >= 15 is 0 Å². The number of halogens is 2. The van der Waals surface area contributed by atoms with Gasteiger partial charge in [0.05, 0.1) is 12.1 Å². The van der Waals surface area contributed by atoms with Crippen molar-refractivity contribution in [2.45, 2.75) is 31.0 Å². The number of hydrogen-bond donors (Lipinski definition) is 2. The molecular formula is C15H17Cl2N3S. The molecule has 2 bridgehead atoms. The van der Waals surface area contributed by atoms with Crippen molar-refractivity contribution in [1.82, 2.24) is 15.5 Å². The van der Waals surface area contributed by atoms with Gasteiger partial charge in [0.25, 0.3) is 0 Å². The lowest BCUT2D eigenvalue weighted by molar-refractivity contribution is -0.00356. The van der Waals surface area contributed by atoms with Gasteiger partial charge in [0.15, 0.2) is 5.11 Å². The molecule has 0 saturated carbocycles. The van der Waals surface area contributed by atoms with Gasteiger partial charge in [-0.05, 0) is 61.8 Å². The van der Waals surface area contributed by atoms with E-state index < -0.39 is 0 Å². The lowest BCUT2D eigenvalue weighted by Gasteiger charge is -2.56. The van der Waals surface area contributed by atoms with E-state index in [0.717, 1.165) is 10.7 Å². The molecular weight excluding hydrogens is 325 g/mol. The van der Waals surface area contributed by atoms with Gasteiger partial charge in [-0.1, -0.05) is 29.3 Å². The minimum atomic E-state index is 0.136. The van der Waals surface area contributed by atoms with E-state index in [9.17, 15) is 0 Å². The molecule has 0 amide bonds. The van der Waals surface area contributed by atoms with Crippen molar-refractivity contribution in [2.24, 2.45) is 5.92 Å². The Morgan fingerprint density at radius 3 is 2.62 bits per heavy atom. The highest BCUT2D eigenvalue weighted by Gasteiger charge is 2.49. The van der Waals surface area contributed by atoms with Gasteiger partial charge in [-0.3, -0.25) is 4.90 Å². The number of nitrogens with zero attached hydrogens (tertiary/aromatic N) is 1. The zero-order valence-corrected chi connectivity index (χ0v) is 13.8. The largest absolute Gasteiger partial charge is 0.358 e. The fourth-order valence-corrected chi connectivity index (χ4v) is 4.93. The summed E-state index contributed by atoms with van der Waals surface area (Å²) in [6.45, 7) is 2.34. The van der Waals surface area contributed by atoms with Crippen molar-refractivity contribution in [1.29, 1.82) is 0 Å². The number of fused-ring (bicyclic) bond motifs is 2. The van der Waals surface area contributed by atoms with Crippen LogP contribution in [0.1, 0.15) is 24.4 Å². The summed E-state index contributed by atoms with van der Waals surface area (Å²) in [5.74, 6) is 0.716. The molecule has 0 spiro atoms. The standard InChI is InChI=1S/C15H17Cl2N3S/c16-9-1-2-10(11(17)7-9)13-14-12(18-15(21)19-13)8-3-5-20(14)6-4-8/h1-2,7-8,12-14H,3-6H2,(H2,18,19,21). The monoisotopic (exact) mass is 341 g/mol. The van der Waals surface area contributed by atoms with Gasteiger partial charge in [-0.25, -0.2) is 0 Å². The molecule has 6 heteroatoms. The summed E-state index contributed by atoms with van der Waals surface area (Å²) in [5.41, 5.74) is 1.09. The summed E-state index contributed by atoms with van der Waals surface area (Å²) in [7, 11) is 0. The van der Waals surface area contributed by atoms with E-state index in [-0.39, 0.29) is 6.04 Å². The minimum absolute atomic E-state index is 0.136. The number of nitrogens with one attached hydrogen (secondary N) is 2. The van der Waals surface area contributed by atoms with Crippen molar-refractivity contribution >= 4 is 40.5 Å². The summed E-state index contributed by atoms with van der Waals surface area (Å²) in [4.78, 5) is 2.57. The number of rotatable bonds is 1. The maximum absolute atomic E-state index is 6.44. The topological polar surface area (TPSA) is 27.3 Å². The van der Waals surface area contributed by atoms with E-state index in [2.05, 4.69) is 15.5 Å². The second kappa shape index (κ2) is 5.27. The quantitative estimate of drug-likeness (QED) is 0.768. The van der Waals surface area contributed by atoms with Crippen LogP contribution in [0.15, 0.2) is 18.2 Å². The maximum Gasteiger partial charge on any atom is 0.167 e. The van der Waals surface area contributed by atoms with Crippen LogP contribution < -0.4 is 10.6 Å². The Kier molecular flexibility index (Phi) is 3.53. The van der Waals surface area contributed by atoms with Crippen LogP contribution in [0.25, 0.3) is 0 Å². The summed E-state index contributed by atoms with van der Waals surface area (Å²) in [5, 5.41) is 9.04. The predicted molar refractivity (Wildman–Crippen MR) is 89.9 cm³/mol. The molecule has 0 aliphatic carbocycles. The van der Waals surface area contributed by atoms with Crippen LogP contribution in [-0.2, 0) is 0 Å².